The Morgan fingerprint density at radius 3 is 2.06 bits per heavy atom. The molecule has 2 aromatic rings. The van der Waals surface area contributed by atoms with Gasteiger partial charge in [-0.1, -0.05) is 60.7 Å². The van der Waals surface area contributed by atoms with Gasteiger partial charge in [0.25, 0.3) is 0 Å². The Hall–Kier alpha value is -2.82. The number of carbonyl (C=O) groups is 2. The summed E-state index contributed by atoms with van der Waals surface area (Å²) in [7, 11) is 0. The molecule has 2 aromatic carbocycles. The van der Waals surface area contributed by atoms with E-state index in [1.807, 2.05) is 69.3 Å². The number of benzene rings is 2. The lowest BCUT2D eigenvalue weighted by Gasteiger charge is -2.45. The van der Waals surface area contributed by atoms with Crippen LogP contribution in [0.4, 0.5) is 4.79 Å². The minimum absolute atomic E-state index is 0.153. The average molecular weight is 424 g/mol. The van der Waals surface area contributed by atoms with Crippen LogP contribution in [0.15, 0.2) is 60.7 Å². The van der Waals surface area contributed by atoms with E-state index in [0.717, 1.165) is 12.0 Å². The van der Waals surface area contributed by atoms with Crippen molar-refractivity contribution in [2.24, 2.45) is 0 Å². The molecule has 3 atom stereocenters. The quantitative estimate of drug-likeness (QED) is 0.565. The standard InChI is InChI=1S/C26H33NO4/c1-5-30-24(28)18-22-16-21(19-12-8-6-9-13-19)17-23(20-14-10-7-11-15-20)27(22)25(29)31-26(2,3)4/h6-15,21-23H,5,16-18H2,1-4H3/t21-,22+,23+/m1/s1. The van der Waals surface area contributed by atoms with E-state index < -0.39 is 5.60 Å². The van der Waals surface area contributed by atoms with Gasteiger partial charge in [0.05, 0.1) is 19.1 Å². The Kier molecular flexibility index (Phi) is 7.37. The lowest BCUT2D eigenvalue weighted by atomic mass is 9.79. The summed E-state index contributed by atoms with van der Waals surface area (Å²) in [6.07, 6.45) is 1.22. The molecule has 1 aliphatic heterocycles. The van der Waals surface area contributed by atoms with Gasteiger partial charge in [-0.25, -0.2) is 4.79 Å². The van der Waals surface area contributed by atoms with E-state index in [2.05, 4.69) is 12.1 Å². The van der Waals surface area contributed by atoms with Crippen LogP contribution in [0.1, 0.15) is 70.0 Å². The summed E-state index contributed by atoms with van der Waals surface area (Å²) >= 11 is 0. The van der Waals surface area contributed by atoms with Gasteiger partial charge in [-0.2, -0.15) is 0 Å². The monoisotopic (exact) mass is 423 g/mol. The van der Waals surface area contributed by atoms with Crippen molar-refractivity contribution >= 4 is 12.1 Å². The van der Waals surface area contributed by atoms with Gasteiger partial charge in [-0.05, 0) is 57.6 Å². The van der Waals surface area contributed by atoms with Crippen LogP contribution in [0.3, 0.4) is 0 Å². The Bertz CT molecular complexity index is 860. The van der Waals surface area contributed by atoms with Gasteiger partial charge in [0, 0.05) is 6.04 Å². The van der Waals surface area contributed by atoms with Crippen molar-refractivity contribution in [1.82, 2.24) is 4.90 Å². The van der Waals surface area contributed by atoms with Gasteiger partial charge in [0.15, 0.2) is 0 Å². The predicted octanol–water partition coefficient (Wildman–Crippen LogP) is 5.86. The summed E-state index contributed by atoms with van der Waals surface area (Å²) in [4.78, 5) is 27.6. The maximum absolute atomic E-state index is 13.3. The molecule has 0 radical (unpaired) electrons. The summed E-state index contributed by atoms with van der Waals surface area (Å²) in [6.45, 7) is 7.70. The molecule has 1 heterocycles. The van der Waals surface area contributed by atoms with Crippen molar-refractivity contribution in [2.75, 3.05) is 6.61 Å². The van der Waals surface area contributed by atoms with Crippen molar-refractivity contribution in [3.05, 3.63) is 71.8 Å². The molecule has 0 spiro atoms. The van der Waals surface area contributed by atoms with Crippen LogP contribution in [-0.2, 0) is 14.3 Å². The van der Waals surface area contributed by atoms with E-state index in [1.54, 1.807) is 11.8 Å². The SMILES string of the molecule is CCOC(=O)C[C@@H]1C[C@@H](c2ccccc2)C[C@@H](c2ccccc2)N1C(=O)OC(C)(C)C. The van der Waals surface area contributed by atoms with Crippen LogP contribution in [0, 0.1) is 0 Å². The smallest absolute Gasteiger partial charge is 0.411 e. The van der Waals surface area contributed by atoms with Gasteiger partial charge in [-0.15, -0.1) is 0 Å². The molecule has 166 valence electrons. The van der Waals surface area contributed by atoms with Crippen LogP contribution in [0.2, 0.25) is 0 Å². The number of ether oxygens (including phenoxy) is 2. The summed E-state index contributed by atoms with van der Waals surface area (Å²) in [5, 5.41) is 0. The number of esters is 1. The molecule has 5 heteroatoms. The van der Waals surface area contributed by atoms with Crippen molar-refractivity contribution in [3.63, 3.8) is 0 Å². The molecule has 0 bridgehead atoms. The van der Waals surface area contributed by atoms with E-state index in [0.29, 0.717) is 13.0 Å². The first kappa shape index (κ1) is 22.9. The zero-order valence-corrected chi connectivity index (χ0v) is 18.9. The van der Waals surface area contributed by atoms with E-state index in [4.69, 9.17) is 9.47 Å². The minimum atomic E-state index is -0.622. The Morgan fingerprint density at radius 2 is 1.52 bits per heavy atom. The number of hydrogen-bond donors (Lipinski definition) is 0. The molecule has 0 aromatic heterocycles. The Balaban J connectivity index is 2.00. The largest absolute Gasteiger partial charge is 0.466 e. The summed E-state index contributed by atoms with van der Waals surface area (Å²) < 4.78 is 11.0. The predicted molar refractivity (Wildman–Crippen MR) is 121 cm³/mol. The van der Waals surface area contributed by atoms with Gasteiger partial charge < -0.3 is 9.47 Å². The highest BCUT2D eigenvalue weighted by Crippen LogP contribution is 2.44. The second-order valence-corrected chi connectivity index (χ2v) is 9.06. The third kappa shape index (κ3) is 6.09. The molecule has 1 fully saturated rings. The van der Waals surface area contributed by atoms with Gasteiger partial charge in [0.1, 0.15) is 5.60 Å². The molecule has 0 unspecified atom stereocenters. The van der Waals surface area contributed by atoms with Crippen molar-refractivity contribution in [2.45, 2.75) is 70.6 Å². The zero-order valence-electron chi connectivity index (χ0n) is 18.9. The second kappa shape index (κ2) is 9.99. The Labute approximate surface area is 185 Å². The fourth-order valence-electron chi connectivity index (χ4n) is 4.33. The number of rotatable bonds is 5. The maximum atomic E-state index is 13.3. The average Bonchev–Trinajstić information content (AvgIpc) is 2.73. The first-order valence-electron chi connectivity index (χ1n) is 11.0. The van der Waals surface area contributed by atoms with Crippen LogP contribution in [0.5, 0.6) is 0 Å². The zero-order chi connectivity index (χ0) is 22.4. The normalized spacial score (nSPS) is 21.4. The number of carbonyl (C=O) groups excluding carboxylic acids is 2. The van der Waals surface area contributed by atoms with Crippen LogP contribution >= 0.6 is 0 Å². The molecule has 5 nitrogen and oxygen atoms in total. The number of piperidine rings is 1. The van der Waals surface area contributed by atoms with E-state index in [9.17, 15) is 9.59 Å². The molecular formula is C26H33NO4. The van der Waals surface area contributed by atoms with Crippen LogP contribution < -0.4 is 0 Å². The molecule has 0 aliphatic carbocycles. The highest BCUT2D eigenvalue weighted by molar-refractivity contribution is 5.74. The molecule has 0 saturated carbocycles. The van der Waals surface area contributed by atoms with Crippen molar-refractivity contribution in [1.29, 1.82) is 0 Å². The second-order valence-electron chi connectivity index (χ2n) is 9.06. The van der Waals surface area contributed by atoms with E-state index in [1.165, 1.54) is 5.56 Å². The summed E-state index contributed by atoms with van der Waals surface area (Å²) in [5.41, 5.74) is 1.65. The third-order valence-corrected chi connectivity index (χ3v) is 5.56. The van der Waals surface area contributed by atoms with E-state index in [-0.39, 0.29) is 36.5 Å². The first-order valence-corrected chi connectivity index (χ1v) is 11.0. The maximum Gasteiger partial charge on any atom is 0.411 e. The molecule has 0 N–H and O–H groups in total. The first-order chi connectivity index (χ1) is 14.8. The molecule has 1 aliphatic rings. The highest BCUT2D eigenvalue weighted by atomic mass is 16.6. The van der Waals surface area contributed by atoms with Gasteiger partial charge in [-0.3, -0.25) is 9.69 Å². The van der Waals surface area contributed by atoms with Crippen LogP contribution in [0.25, 0.3) is 0 Å². The lowest BCUT2D eigenvalue weighted by molar-refractivity contribution is -0.145. The van der Waals surface area contributed by atoms with Crippen molar-refractivity contribution < 1.29 is 19.1 Å². The lowest BCUT2D eigenvalue weighted by Crippen LogP contribution is -2.50. The fraction of sp³-hybridized carbons (Fsp3) is 0.462. The number of likely N-dealkylation sites (tertiary alicyclic amines) is 1. The topological polar surface area (TPSA) is 55.8 Å². The van der Waals surface area contributed by atoms with Crippen molar-refractivity contribution in [3.8, 4) is 0 Å². The molecule has 31 heavy (non-hydrogen) atoms. The van der Waals surface area contributed by atoms with Gasteiger partial charge in [0.2, 0.25) is 0 Å². The number of amides is 1. The highest BCUT2D eigenvalue weighted by Gasteiger charge is 2.42. The van der Waals surface area contributed by atoms with E-state index >= 15 is 0 Å². The molecular weight excluding hydrogens is 390 g/mol. The molecule has 1 saturated heterocycles. The number of hydrogen-bond acceptors (Lipinski definition) is 4. The van der Waals surface area contributed by atoms with Gasteiger partial charge >= 0.3 is 12.1 Å². The third-order valence-electron chi connectivity index (χ3n) is 5.56. The summed E-state index contributed by atoms with van der Waals surface area (Å²) in [6, 6.07) is 19.8. The number of nitrogens with zero attached hydrogens (tertiary/aromatic N) is 1. The fourth-order valence-corrected chi connectivity index (χ4v) is 4.33. The van der Waals surface area contributed by atoms with Crippen LogP contribution in [-0.4, -0.2) is 35.2 Å². The molecule has 3 rings (SSSR count). The summed E-state index contributed by atoms with van der Waals surface area (Å²) in [5.74, 6) is -0.0638. The molecule has 1 amide bonds. The Morgan fingerprint density at radius 1 is 0.935 bits per heavy atom. The minimum Gasteiger partial charge on any atom is -0.466 e.